The number of piperidine rings is 1. The fourth-order valence-electron chi connectivity index (χ4n) is 3.86. The van der Waals surface area contributed by atoms with E-state index in [2.05, 4.69) is 15.7 Å². The fraction of sp³-hybridized carbons (Fsp3) is 0.286. The van der Waals surface area contributed by atoms with Crippen LogP contribution in [0.15, 0.2) is 42.6 Å². The van der Waals surface area contributed by atoms with E-state index in [1.807, 2.05) is 6.07 Å². The van der Waals surface area contributed by atoms with Crippen molar-refractivity contribution in [2.45, 2.75) is 18.4 Å². The normalized spacial score (nSPS) is 18.9. The van der Waals surface area contributed by atoms with E-state index in [4.69, 9.17) is 0 Å². The number of hydrogen-bond donors (Lipinski definition) is 3. The van der Waals surface area contributed by atoms with E-state index in [0.717, 1.165) is 18.5 Å². The molecule has 0 radical (unpaired) electrons. The summed E-state index contributed by atoms with van der Waals surface area (Å²) in [7, 11) is 1.67. The van der Waals surface area contributed by atoms with Crippen LogP contribution in [0.25, 0.3) is 10.6 Å². The minimum atomic E-state index is -1.07. The molecule has 0 bridgehead atoms. The summed E-state index contributed by atoms with van der Waals surface area (Å²) in [6.45, 7) is 1.39. The first-order valence-corrected chi connectivity index (χ1v) is 10.4. The summed E-state index contributed by atoms with van der Waals surface area (Å²) in [6.07, 6.45) is 2.09. The molecule has 1 aromatic carbocycles. The smallest absolute Gasteiger partial charge is 0.339 e. The van der Waals surface area contributed by atoms with Crippen LogP contribution >= 0.6 is 11.3 Å². The highest BCUT2D eigenvalue weighted by atomic mass is 32.1. The zero-order valence-electron chi connectivity index (χ0n) is 16.3. The summed E-state index contributed by atoms with van der Waals surface area (Å²) >= 11 is 1.22. The van der Waals surface area contributed by atoms with Crippen LogP contribution < -0.4 is 10.6 Å². The van der Waals surface area contributed by atoms with Gasteiger partial charge in [0, 0.05) is 25.6 Å². The van der Waals surface area contributed by atoms with Gasteiger partial charge in [-0.25, -0.2) is 9.18 Å². The first-order valence-electron chi connectivity index (χ1n) is 9.56. The lowest BCUT2D eigenvalue weighted by Gasteiger charge is -2.33. The van der Waals surface area contributed by atoms with Gasteiger partial charge in [0.2, 0.25) is 0 Å². The number of nitrogens with zero attached hydrogens (tertiary/aromatic N) is 2. The van der Waals surface area contributed by atoms with E-state index in [0.29, 0.717) is 22.0 Å². The Labute approximate surface area is 176 Å². The molecule has 2 atom stereocenters. The third-order valence-electron chi connectivity index (χ3n) is 5.31. The van der Waals surface area contributed by atoms with Gasteiger partial charge in [-0.2, -0.15) is 5.10 Å². The van der Waals surface area contributed by atoms with E-state index in [1.165, 1.54) is 34.3 Å². The van der Waals surface area contributed by atoms with Gasteiger partial charge in [0.1, 0.15) is 11.4 Å². The van der Waals surface area contributed by atoms with Crippen molar-refractivity contribution in [2.24, 2.45) is 7.05 Å². The Morgan fingerprint density at radius 3 is 2.93 bits per heavy atom. The predicted molar refractivity (Wildman–Crippen MR) is 111 cm³/mol. The molecule has 3 N–H and O–H groups in total. The lowest BCUT2D eigenvalue weighted by Crippen LogP contribution is -2.49. The molecule has 0 aliphatic carbocycles. The molecular formula is C21H21FN4O3S. The quantitative estimate of drug-likeness (QED) is 0.581. The number of carbonyl (C=O) groups excluding carboxylic acids is 1. The minimum absolute atomic E-state index is 0.0148. The molecule has 30 heavy (non-hydrogen) atoms. The monoisotopic (exact) mass is 428 g/mol. The van der Waals surface area contributed by atoms with E-state index >= 15 is 0 Å². The van der Waals surface area contributed by atoms with E-state index in [9.17, 15) is 19.1 Å². The number of carboxylic acids is 1. The van der Waals surface area contributed by atoms with Crippen LogP contribution in [0.4, 0.5) is 4.39 Å². The highest BCUT2D eigenvalue weighted by molar-refractivity contribution is 7.17. The van der Waals surface area contributed by atoms with Gasteiger partial charge in [0.15, 0.2) is 0 Å². The second-order valence-corrected chi connectivity index (χ2v) is 8.32. The van der Waals surface area contributed by atoms with Crippen molar-refractivity contribution in [3.63, 3.8) is 0 Å². The lowest BCUT2D eigenvalue weighted by molar-refractivity contribution is 0.0697. The van der Waals surface area contributed by atoms with Gasteiger partial charge in [0.05, 0.1) is 21.6 Å². The van der Waals surface area contributed by atoms with Crippen LogP contribution in [-0.4, -0.2) is 45.9 Å². The average molecular weight is 428 g/mol. The second kappa shape index (κ2) is 8.37. The standard InChI is InChI=1S/C21H21FN4O3S/c1-26-19(15(10-24-26)21(28)29)17-5-6-18(30-17)20(27)25-16-11-23-8-7-14(16)12-3-2-4-13(22)9-12/h2-6,9-10,14,16,23H,7-8,11H2,1H3,(H,25,27)(H,28,29)/t14-,16+/m0/s1. The highest BCUT2D eigenvalue weighted by Gasteiger charge is 2.29. The minimum Gasteiger partial charge on any atom is -0.478 e. The summed E-state index contributed by atoms with van der Waals surface area (Å²) in [5.74, 6) is -1.57. The zero-order valence-corrected chi connectivity index (χ0v) is 17.1. The number of amides is 1. The number of carbonyl (C=O) groups is 2. The Balaban J connectivity index is 1.54. The van der Waals surface area contributed by atoms with Crippen LogP contribution in [0.1, 0.15) is 37.9 Å². The Bertz CT molecular complexity index is 1090. The molecule has 1 aliphatic heterocycles. The summed E-state index contributed by atoms with van der Waals surface area (Å²) < 4.78 is 15.2. The fourth-order valence-corrected chi connectivity index (χ4v) is 4.86. The maximum absolute atomic E-state index is 13.7. The van der Waals surface area contributed by atoms with Crippen LogP contribution in [0.3, 0.4) is 0 Å². The Hall–Kier alpha value is -3.04. The molecule has 3 heterocycles. The number of aromatic carboxylic acids is 1. The number of nitrogens with one attached hydrogen (secondary N) is 2. The number of aromatic nitrogens is 2. The van der Waals surface area contributed by atoms with Crippen LogP contribution in [0.2, 0.25) is 0 Å². The molecule has 7 nitrogen and oxygen atoms in total. The third-order valence-corrected chi connectivity index (χ3v) is 6.40. The van der Waals surface area contributed by atoms with Gasteiger partial charge < -0.3 is 15.7 Å². The molecule has 0 unspecified atom stereocenters. The van der Waals surface area contributed by atoms with Crippen LogP contribution in [0.5, 0.6) is 0 Å². The van der Waals surface area contributed by atoms with E-state index in [-0.39, 0.29) is 29.2 Å². The van der Waals surface area contributed by atoms with Crippen molar-refractivity contribution in [1.29, 1.82) is 0 Å². The number of hydrogen-bond acceptors (Lipinski definition) is 5. The van der Waals surface area contributed by atoms with Crippen molar-refractivity contribution in [3.8, 4) is 10.6 Å². The molecule has 2 aromatic heterocycles. The highest BCUT2D eigenvalue weighted by Crippen LogP contribution is 2.31. The summed E-state index contributed by atoms with van der Waals surface area (Å²) in [5.41, 5.74) is 1.42. The third kappa shape index (κ3) is 3.99. The van der Waals surface area contributed by atoms with E-state index in [1.54, 1.807) is 25.2 Å². The molecule has 1 saturated heterocycles. The predicted octanol–water partition coefficient (Wildman–Crippen LogP) is 2.86. The van der Waals surface area contributed by atoms with Gasteiger partial charge in [0.25, 0.3) is 5.91 Å². The van der Waals surface area contributed by atoms with Crippen molar-refractivity contribution in [2.75, 3.05) is 13.1 Å². The van der Waals surface area contributed by atoms with Gasteiger partial charge >= 0.3 is 5.97 Å². The van der Waals surface area contributed by atoms with Crippen molar-refractivity contribution in [1.82, 2.24) is 20.4 Å². The summed E-state index contributed by atoms with van der Waals surface area (Å²) in [5, 5.41) is 19.7. The molecule has 1 aliphatic rings. The number of aryl methyl sites for hydroxylation is 1. The molecule has 156 valence electrons. The molecule has 3 aromatic rings. The number of rotatable bonds is 5. The molecule has 0 spiro atoms. The average Bonchev–Trinajstić information content (AvgIpc) is 3.35. The zero-order chi connectivity index (χ0) is 21.3. The van der Waals surface area contributed by atoms with E-state index < -0.39 is 5.97 Å². The first-order chi connectivity index (χ1) is 14.4. The number of thiophene rings is 1. The topological polar surface area (TPSA) is 96.2 Å². The number of halogens is 1. The summed E-state index contributed by atoms with van der Waals surface area (Å²) in [4.78, 5) is 25.5. The lowest BCUT2D eigenvalue weighted by atomic mass is 9.86. The number of carboxylic acid groups (broad SMARTS) is 1. The molecule has 1 amide bonds. The largest absolute Gasteiger partial charge is 0.478 e. The van der Waals surface area contributed by atoms with Crippen molar-refractivity contribution in [3.05, 3.63) is 64.4 Å². The number of benzene rings is 1. The van der Waals surface area contributed by atoms with Crippen LogP contribution in [-0.2, 0) is 7.05 Å². The van der Waals surface area contributed by atoms with Gasteiger partial charge in [-0.15, -0.1) is 11.3 Å². The van der Waals surface area contributed by atoms with Crippen molar-refractivity contribution >= 4 is 23.2 Å². The molecule has 0 saturated carbocycles. The maximum Gasteiger partial charge on any atom is 0.339 e. The Morgan fingerprint density at radius 2 is 2.17 bits per heavy atom. The van der Waals surface area contributed by atoms with Crippen LogP contribution in [0, 0.1) is 5.82 Å². The van der Waals surface area contributed by atoms with Gasteiger partial charge in [-0.05, 0) is 42.8 Å². The van der Waals surface area contributed by atoms with Gasteiger partial charge in [-0.1, -0.05) is 12.1 Å². The first kappa shape index (κ1) is 20.2. The maximum atomic E-state index is 13.7. The Kier molecular flexibility index (Phi) is 5.65. The van der Waals surface area contributed by atoms with Gasteiger partial charge in [-0.3, -0.25) is 9.48 Å². The van der Waals surface area contributed by atoms with Crippen molar-refractivity contribution < 1.29 is 19.1 Å². The SMILES string of the molecule is Cn1ncc(C(=O)O)c1-c1ccc(C(=O)N[C@@H]2CNCC[C@H]2c2cccc(F)c2)s1. The molecule has 9 heteroatoms. The molecule has 1 fully saturated rings. The second-order valence-electron chi connectivity index (χ2n) is 7.23. The molecule has 4 rings (SSSR count). The Morgan fingerprint density at radius 1 is 1.33 bits per heavy atom. The molecular weight excluding hydrogens is 407 g/mol. The summed E-state index contributed by atoms with van der Waals surface area (Å²) in [6, 6.07) is 9.74.